The molecule has 46 heavy (non-hydrogen) atoms. The van der Waals surface area contributed by atoms with E-state index in [2.05, 4.69) is 23.3 Å². The van der Waals surface area contributed by atoms with Gasteiger partial charge < -0.3 is 40.7 Å². The summed E-state index contributed by atoms with van der Waals surface area (Å²) in [6.07, 6.45) is 20.3. The first kappa shape index (κ1) is 51.5. The van der Waals surface area contributed by atoms with Crippen molar-refractivity contribution >= 4 is 35.8 Å². The van der Waals surface area contributed by atoms with Crippen LogP contribution in [-0.4, -0.2) is 47.9 Å². The van der Waals surface area contributed by atoms with Crippen molar-refractivity contribution in [3.05, 3.63) is 24.3 Å². The fraction of sp³-hybridized carbons (Fsp3) is 0.688. The zero-order chi connectivity index (χ0) is 33.6. The number of carbonyl (C=O) groups excluding carboxylic acids is 6. The number of hydrogen-bond donors (Lipinski definition) is 2. The van der Waals surface area contributed by atoms with Gasteiger partial charge in [0.25, 0.3) is 0 Å². The zero-order valence-electron chi connectivity index (χ0n) is 28.4. The molecule has 4 N–H and O–H groups in total. The minimum absolute atomic E-state index is 0. The first-order valence-corrected chi connectivity index (χ1v) is 15.7. The Hall–Kier alpha value is -1.38. The van der Waals surface area contributed by atoms with E-state index in [1.54, 1.807) is 12.2 Å². The van der Waals surface area contributed by atoms with Gasteiger partial charge in [0, 0.05) is 24.1 Å². The Balaban J connectivity index is -0.000000367. The first-order valence-electron chi connectivity index (χ1n) is 15.7. The number of unbranched alkanes of at least 4 members (excludes halogenated alkanes) is 12. The Morgan fingerprint density at radius 1 is 0.565 bits per heavy atom. The van der Waals surface area contributed by atoms with Crippen molar-refractivity contribution in [1.29, 1.82) is 0 Å². The predicted molar refractivity (Wildman–Crippen MR) is 161 cm³/mol. The van der Waals surface area contributed by atoms with Crippen LogP contribution in [0.5, 0.6) is 0 Å². The van der Waals surface area contributed by atoms with Crippen molar-refractivity contribution in [2.24, 2.45) is 11.5 Å². The largest absolute Gasteiger partial charge is 1.00 e. The molecule has 0 aromatic rings. The second-order valence-corrected chi connectivity index (χ2v) is 10.4. The van der Waals surface area contributed by atoms with Gasteiger partial charge in [0.05, 0.1) is 0 Å². The molecule has 2 unspecified atom stereocenters. The molecular formula is C32H52N2Na2O10. The SMILES string of the molecule is CCCCCCCCC=CC(=O)OC(=O)C(N)CCC(=O)[O-].CCCCCCCCC=CC(=O)OC(=O)C(N)CCC(=O)[O-].[Na+].[Na+]. The van der Waals surface area contributed by atoms with Gasteiger partial charge in [-0.1, -0.05) is 90.2 Å². The van der Waals surface area contributed by atoms with Crippen molar-refractivity contribution < 1.29 is 108 Å². The number of nitrogens with two attached hydrogens (primary N) is 2. The Kier molecular flexibility index (Phi) is 40.8. The number of carbonyl (C=O) groups is 6. The summed E-state index contributed by atoms with van der Waals surface area (Å²) < 4.78 is 9.00. The third-order valence-electron chi connectivity index (χ3n) is 6.28. The summed E-state index contributed by atoms with van der Waals surface area (Å²) in [6.45, 7) is 4.33. The molecule has 12 nitrogen and oxygen atoms in total. The summed E-state index contributed by atoms with van der Waals surface area (Å²) in [5.41, 5.74) is 10.8. The van der Waals surface area contributed by atoms with E-state index in [1.807, 2.05) is 0 Å². The molecule has 0 aliphatic carbocycles. The van der Waals surface area contributed by atoms with E-state index < -0.39 is 47.9 Å². The van der Waals surface area contributed by atoms with Gasteiger partial charge in [0.2, 0.25) is 0 Å². The number of esters is 4. The molecular weight excluding hydrogens is 618 g/mol. The van der Waals surface area contributed by atoms with Gasteiger partial charge in [0.15, 0.2) is 0 Å². The summed E-state index contributed by atoms with van der Waals surface area (Å²) in [6, 6.07) is -2.26. The standard InChI is InChI=1S/2C16H27NO5.2Na/c2*1-2-3-4-5-6-7-8-9-10-15(20)22-16(21)13(17)11-12-14(18)19;;/h2*9-10,13H,2-8,11-12,17H2,1H3,(H,18,19);;/q;;2*+1/p-2. The number of carboxylic acids is 2. The fourth-order valence-electron chi connectivity index (χ4n) is 3.64. The average Bonchev–Trinajstić information content (AvgIpc) is 2.97. The molecule has 0 radical (unpaired) electrons. The van der Waals surface area contributed by atoms with E-state index in [0.29, 0.717) is 0 Å². The molecule has 0 aliphatic rings. The average molecular weight is 671 g/mol. The van der Waals surface area contributed by atoms with Gasteiger partial charge in [0.1, 0.15) is 12.1 Å². The zero-order valence-corrected chi connectivity index (χ0v) is 32.4. The monoisotopic (exact) mass is 670 g/mol. The van der Waals surface area contributed by atoms with Crippen LogP contribution in [0.15, 0.2) is 24.3 Å². The van der Waals surface area contributed by atoms with Gasteiger partial charge in [-0.05, 0) is 51.4 Å². The van der Waals surface area contributed by atoms with Crippen LogP contribution in [0.25, 0.3) is 0 Å². The summed E-state index contributed by atoms with van der Waals surface area (Å²) in [4.78, 5) is 66.0. The van der Waals surface area contributed by atoms with Crippen LogP contribution >= 0.6 is 0 Å². The maximum atomic E-state index is 11.4. The van der Waals surface area contributed by atoms with Gasteiger partial charge in [-0.15, -0.1) is 0 Å². The topological polar surface area (TPSA) is 219 Å². The number of carboxylic acid groups (broad SMARTS) is 2. The molecule has 0 fully saturated rings. The van der Waals surface area contributed by atoms with E-state index >= 15 is 0 Å². The maximum absolute atomic E-state index is 11.4. The molecule has 2 atom stereocenters. The summed E-state index contributed by atoms with van der Waals surface area (Å²) in [5, 5.41) is 20.5. The van der Waals surface area contributed by atoms with E-state index in [4.69, 9.17) is 11.5 Å². The Morgan fingerprint density at radius 3 is 1.17 bits per heavy atom. The molecule has 0 aliphatic heterocycles. The van der Waals surface area contributed by atoms with Crippen LogP contribution in [0.3, 0.4) is 0 Å². The molecule has 0 aromatic carbocycles. The van der Waals surface area contributed by atoms with E-state index in [-0.39, 0.29) is 84.8 Å². The number of rotatable bonds is 24. The van der Waals surface area contributed by atoms with E-state index in [0.717, 1.165) is 38.5 Å². The van der Waals surface area contributed by atoms with Gasteiger partial charge >= 0.3 is 83.0 Å². The van der Waals surface area contributed by atoms with Crippen LogP contribution in [-0.2, 0) is 38.2 Å². The van der Waals surface area contributed by atoms with Gasteiger partial charge in [-0.25, -0.2) is 19.2 Å². The molecule has 0 bridgehead atoms. The van der Waals surface area contributed by atoms with Crippen LogP contribution < -0.4 is 80.8 Å². The number of hydrogen-bond acceptors (Lipinski definition) is 12. The summed E-state index contributed by atoms with van der Waals surface area (Å²) in [5.74, 6) is -5.99. The fourth-order valence-corrected chi connectivity index (χ4v) is 3.64. The second-order valence-electron chi connectivity index (χ2n) is 10.4. The summed E-state index contributed by atoms with van der Waals surface area (Å²) in [7, 11) is 0. The van der Waals surface area contributed by atoms with Gasteiger partial charge in [-0.2, -0.15) is 0 Å². The molecule has 14 heteroatoms. The predicted octanol–water partition coefficient (Wildman–Crippen LogP) is -3.55. The normalized spacial score (nSPS) is 11.7. The summed E-state index contributed by atoms with van der Waals surface area (Å²) >= 11 is 0. The van der Waals surface area contributed by atoms with E-state index in [1.165, 1.54) is 63.5 Å². The van der Waals surface area contributed by atoms with Crippen LogP contribution in [0.4, 0.5) is 0 Å². The van der Waals surface area contributed by atoms with Crippen molar-refractivity contribution in [3.63, 3.8) is 0 Å². The molecule has 0 spiro atoms. The second kappa shape index (κ2) is 36.5. The van der Waals surface area contributed by atoms with Crippen LogP contribution in [0.1, 0.15) is 129 Å². The van der Waals surface area contributed by atoms with E-state index in [9.17, 15) is 39.0 Å². The van der Waals surface area contributed by atoms with Crippen molar-refractivity contribution in [2.45, 2.75) is 142 Å². The minimum atomic E-state index is -1.30. The maximum Gasteiger partial charge on any atom is 1.00 e. The Morgan fingerprint density at radius 2 is 0.870 bits per heavy atom. The third-order valence-corrected chi connectivity index (χ3v) is 6.28. The number of allylic oxidation sites excluding steroid dienone is 2. The molecule has 0 saturated heterocycles. The smallest absolute Gasteiger partial charge is 0.550 e. The van der Waals surface area contributed by atoms with Crippen molar-refractivity contribution in [3.8, 4) is 0 Å². The molecule has 0 amide bonds. The quantitative estimate of drug-likeness (QED) is 0.0335. The van der Waals surface area contributed by atoms with Crippen LogP contribution in [0, 0.1) is 0 Å². The Labute approximate surface area is 318 Å². The molecule has 0 aromatic heterocycles. The minimum Gasteiger partial charge on any atom is -0.550 e. The molecule has 0 rings (SSSR count). The Bertz CT molecular complexity index is 841. The molecule has 0 saturated carbocycles. The number of aliphatic carboxylic acids is 2. The van der Waals surface area contributed by atoms with Crippen molar-refractivity contribution in [2.75, 3.05) is 0 Å². The molecule has 0 heterocycles. The van der Waals surface area contributed by atoms with Gasteiger partial charge in [-0.3, -0.25) is 0 Å². The van der Waals surface area contributed by atoms with Crippen LogP contribution in [0.2, 0.25) is 0 Å². The third kappa shape index (κ3) is 37.1. The number of ether oxygens (including phenoxy) is 2. The first-order chi connectivity index (χ1) is 20.9. The molecule has 252 valence electrons. The van der Waals surface area contributed by atoms with Crippen molar-refractivity contribution in [1.82, 2.24) is 0 Å².